The van der Waals surface area contributed by atoms with Gasteiger partial charge in [-0.05, 0) is 30.3 Å². The first kappa shape index (κ1) is 17.8. The van der Waals surface area contributed by atoms with E-state index in [4.69, 9.17) is 11.6 Å². The summed E-state index contributed by atoms with van der Waals surface area (Å²) >= 11 is 5.87. The highest BCUT2D eigenvalue weighted by Gasteiger charge is 2.36. The van der Waals surface area contributed by atoms with E-state index in [-0.39, 0.29) is 30.5 Å². The summed E-state index contributed by atoms with van der Waals surface area (Å²) < 4.78 is 13.5. The molecule has 0 aliphatic carbocycles. The van der Waals surface area contributed by atoms with Crippen LogP contribution in [0.5, 0.6) is 0 Å². The second-order valence-corrected chi connectivity index (χ2v) is 6.23. The van der Waals surface area contributed by atoms with Crippen molar-refractivity contribution in [2.24, 2.45) is 5.92 Å². The molecule has 1 aliphatic heterocycles. The quantitative estimate of drug-likeness (QED) is 0.653. The normalized spacial score (nSPS) is 16.6. The summed E-state index contributed by atoms with van der Waals surface area (Å²) in [4.78, 5) is 35.8. The first-order chi connectivity index (χ1) is 12.3. The average Bonchev–Trinajstić information content (AvgIpc) is 2.97. The summed E-state index contributed by atoms with van der Waals surface area (Å²) in [5.74, 6) is -2.34. The van der Waals surface area contributed by atoms with Crippen LogP contribution in [-0.4, -0.2) is 23.3 Å². The minimum atomic E-state index is -0.986. The average molecular weight is 378 g/mol. The van der Waals surface area contributed by atoms with Crippen molar-refractivity contribution in [1.82, 2.24) is 0 Å². The molecule has 9 heteroatoms. The molecule has 0 bridgehead atoms. The molecule has 1 unspecified atom stereocenters. The zero-order chi connectivity index (χ0) is 18.8. The molecule has 1 N–H and O–H groups in total. The lowest BCUT2D eigenvalue weighted by Crippen LogP contribution is -2.28. The van der Waals surface area contributed by atoms with Gasteiger partial charge in [0.2, 0.25) is 17.6 Å². The monoisotopic (exact) mass is 377 g/mol. The van der Waals surface area contributed by atoms with Crippen molar-refractivity contribution in [3.8, 4) is 0 Å². The van der Waals surface area contributed by atoms with Crippen LogP contribution in [0.15, 0.2) is 42.5 Å². The molecule has 0 saturated carbocycles. The largest absolute Gasteiger partial charge is 0.326 e. The van der Waals surface area contributed by atoms with Crippen molar-refractivity contribution < 1.29 is 18.9 Å². The molecule has 1 atom stereocenters. The second-order valence-electron chi connectivity index (χ2n) is 5.80. The zero-order valence-electron chi connectivity index (χ0n) is 13.3. The molecule has 1 saturated heterocycles. The Balaban J connectivity index is 1.75. The minimum Gasteiger partial charge on any atom is -0.326 e. The number of benzene rings is 2. The van der Waals surface area contributed by atoms with E-state index in [0.29, 0.717) is 10.7 Å². The molecule has 2 aromatic carbocycles. The number of anilines is 2. The van der Waals surface area contributed by atoms with Crippen LogP contribution in [0, 0.1) is 21.8 Å². The fraction of sp³-hybridized carbons (Fsp3) is 0.176. The number of carbonyl (C=O) groups is 2. The van der Waals surface area contributed by atoms with Crippen molar-refractivity contribution in [2.75, 3.05) is 16.8 Å². The molecule has 0 radical (unpaired) electrons. The number of nitrogens with one attached hydrogen (secondary N) is 1. The lowest BCUT2D eigenvalue weighted by Gasteiger charge is -2.16. The Morgan fingerprint density at radius 2 is 2.08 bits per heavy atom. The Hall–Kier alpha value is -3.00. The van der Waals surface area contributed by atoms with Crippen molar-refractivity contribution in [3.05, 3.63) is 63.4 Å². The Kier molecular flexibility index (Phi) is 4.85. The fourth-order valence-electron chi connectivity index (χ4n) is 2.75. The second kappa shape index (κ2) is 7.09. The van der Waals surface area contributed by atoms with Gasteiger partial charge in [0.15, 0.2) is 0 Å². The third kappa shape index (κ3) is 3.65. The number of nitro benzene ring substituents is 1. The minimum absolute atomic E-state index is 0.0441. The maximum atomic E-state index is 13.5. The lowest BCUT2D eigenvalue weighted by molar-refractivity contribution is -0.387. The number of halogens is 2. The van der Waals surface area contributed by atoms with Gasteiger partial charge in [-0.1, -0.05) is 17.7 Å². The molecule has 26 heavy (non-hydrogen) atoms. The number of hydrogen-bond donors (Lipinski definition) is 1. The van der Waals surface area contributed by atoms with E-state index in [9.17, 15) is 24.1 Å². The van der Waals surface area contributed by atoms with Gasteiger partial charge in [0.05, 0.1) is 16.5 Å². The Bertz CT molecular complexity index is 905. The Labute approximate surface area is 152 Å². The Morgan fingerprint density at radius 3 is 2.77 bits per heavy atom. The van der Waals surface area contributed by atoms with Crippen LogP contribution in [0.3, 0.4) is 0 Å². The maximum absolute atomic E-state index is 13.5. The van der Waals surface area contributed by atoms with Crippen LogP contribution in [0.2, 0.25) is 5.02 Å². The Morgan fingerprint density at radius 1 is 1.31 bits per heavy atom. The zero-order valence-corrected chi connectivity index (χ0v) is 14.1. The van der Waals surface area contributed by atoms with Crippen molar-refractivity contribution in [2.45, 2.75) is 6.42 Å². The predicted molar refractivity (Wildman–Crippen MR) is 93.6 cm³/mol. The molecule has 1 fully saturated rings. The molecule has 3 rings (SSSR count). The molecule has 2 amide bonds. The summed E-state index contributed by atoms with van der Waals surface area (Å²) in [7, 11) is 0. The maximum Gasteiger partial charge on any atom is 0.306 e. The predicted octanol–water partition coefficient (Wildman–Crippen LogP) is 3.38. The van der Waals surface area contributed by atoms with Gasteiger partial charge in [-0.2, -0.15) is 4.39 Å². The highest BCUT2D eigenvalue weighted by Crippen LogP contribution is 2.30. The van der Waals surface area contributed by atoms with Gasteiger partial charge in [0, 0.05) is 29.7 Å². The van der Waals surface area contributed by atoms with Crippen LogP contribution in [-0.2, 0) is 9.59 Å². The van der Waals surface area contributed by atoms with Crippen LogP contribution in [0.1, 0.15) is 6.42 Å². The van der Waals surface area contributed by atoms with E-state index in [1.807, 2.05) is 0 Å². The number of carbonyl (C=O) groups excluding carboxylic acids is 2. The summed E-state index contributed by atoms with van der Waals surface area (Å²) in [6.45, 7) is 0.0496. The molecule has 1 heterocycles. The summed E-state index contributed by atoms with van der Waals surface area (Å²) in [6, 6.07) is 9.79. The van der Waals surface area contributed by atoms with E-state index in [0.717, 1.165) is 12.1 Å². The summed E-state index contributed by atoms with van der Waals surface area (Å²) in [6.07, 6.45) is -0.0441. The molecule has 7 nitrogen and oxygen atoms in total. The van der Waals surface area contributed by atoms with Crippen LogP contribution < -0.4 is 10.2 Å². The van der Waals surface area contributed by atoms with E-state index in [1.165, 1.54) is 11.0 Å². The van der Waals surface area contributed by atoms with Gasteiger partial charge in [-0.15, -0.1) is 0 Å². The molecule has 134 valence electrons. The fourth-order valence-corrected chi connectivity index (χ4v) is 2.94. The molecule has 0 spiro atoms. The van der Waals surface area contributed by atoms with Crippen LogP contribution in [0.4, 0.5) is 21.5 Å². The third-order valence-corrected chi connectivity index (χ3v) is 4.26. The summed E-state index contributed by atoms with van der Waals surface area (Å²) in [5.41, 5.74) is -0.0332. The van der Waals surface area contributed by atoms with Gasteiger partial charge in [0.25, 0.3) is 0 Å². The topological polar surface area (TPSA) is 92.6 Å². The van der Waals surface area contributed by atoms with Crippen molar-refractivity contribution in [1.29, 1.82) is 0 Å². The van der Waals surface area contributed by atoms with Crippen LogP contribution in [0.25, 0.3) is 0 Å². The number of nitro groups is 1. The van der Waals surface area contributed by atoms with Gasteiger partial charge in [-0.3, -0.25) is 19.7 Å². The standard InChI is InChI=1S/C17H13ClFN3O4/c18-11-2-1-3-12(7-11)20-17(24)10-6-16(23)21(9-10)13-4-5-14(19)15(8-13)22(25)26/h1-5,7-8,10H,6,9H2,(H,20,24). The molecular formula is C17H13ClFN3O4. The van der Waals surface area contributed by atoms with Gasteiger partial charge in [-0.25, -0.2) is 0 Å². The smallest absolute Gasteiger partial charge is 0.306 e. The van der Waals surface area contributed by atoms with E-state index in [2.05, 4.69) is 5.32 Å². The van der Waals surface area contributed by atoms with Crippen molar-refractivity contribution in [3.63, 3.8) is 0 Å². The van der Waals surface area contributed by atoms with Gasteiger partial charge < -0.3 is 10.2 Å². The van der Waals surface area contributed by atoms with Gasteiger partial charge in [0.1, 0.15) is 0 Å². The van der Waals surface area contributed by atoms with Gasteiger partial charge >= 0.3 is 5.69 Å². The molecular weight excluding hydrogens is 365 g/mol. The SMILES string of the molecule is O=C(Nc1cccc(Cl)c1)C1CC(=O)N(c2ccc(F)c([N+](=O)[O-])c2)C1. The summed E-state index contributed by atoms with van der Waals surface area (Å²) in [5, 5.41) is 14.0. The van der Waals surface area contributed by atoms with Crippen LogP contribution >= 0.6 is 11.6 Å². The number of nitrogens with zero attached hydrogens (tertiary/aromatic N) is 2. The lowest BCUT2D eigenvalue weighted by atomic mass is 10.1. The van der Waals surface area contributed by atoms with E-state index in [1.54, 1.807) is 24.3 Å². The number of amides is 2. The number of hydrogen-bond acceptors (Lipinski definition) is 4. The molecule has 2 aromatic rings. The third-order valence-electron chi connectivity index (χ3n) is 4.03. The first-order valence-electron chi connectivity index (χ1n) is 7.66. The molecule has 0 aromatic heterocycles. The van der Waals surface area contributed by atoms with Crippen molar-refractivity contribution >= 4 is 40.5 Å². The highest BCUT2D eigenvalue weighted by molar-refractivity contribution is 6.30. The number of rotatable bonds is 4. The molecule has 1 aliphatic rings. The van der Waals surface area contributed by atoms with E-state index < -0.39 is 22.3 Å². The first-order valence-corrected chi connectivity index (χ1v) is 8.03. The highest BCUT2D eigenvalue weighted by atomic mass is 35.5. The van der Waals surface area contributed by atoms with E-state index >= 15 is 0 Å².